The van der Waals surface area contributed by atoms with Gasteiger partial charge >= 0.3 is 0 Å². The van der Waals surface area contributed by atoms with Gasteiger partial charge in [0.25, 0.3) is 5.78 Å². The molecule has 0 aliphatic rings. The van der Waals surface area contributed by atoms with Crippen LogP contribution < -0.4 is 9.47 Å². The molecule has 148 valence electrons. The molecule has 9 heteroatoms. The van der Waals surface area contributed by atoms with E-state index in [-0.39, 0.29) is 12.4 Å². The van der Waals surface area contributed by atoms with Gasteiger partial charge in [-0.1, -0.05) is 12.1 Å². The molecule has 9 nitrogen and oxygen atoms in total. The van der Waals surface area contributed by atoms with E-state index in [4.69, 9.17) is 9.47 Å². The van der Waals surface area contributed by atoms with Crippen molar-refractivity contribution >= 4 is 16.7 Å². The highest BCUT2D eigenvalue weighted by Crippen LogP contribution is 2.27. The van der Waals surface area contributed by atoms with E-state index in [9.17, 15) is 5.11 Å². The number of aromatic hydroxyl groups is 1. The average molecular weight is 400 g/mol. The molecule has 0 aliphatic heterocycles. The number of aromatic nitrogens is 6. The van der Waals surface area contributed by atoms with Crippen molar-refractivity contribution in [3.8, 4) is 28.5 Å². The zero-order chi connectivity index (χ0) is 20.5. The Kier molecular flexibility index (Phi) is 4.32. The van der Waals surface area contributed by atoms with Gasteiger partial charge in [-0.25, -0.2) is 4.98 Å². The summed E-state index contributed by atoms with van der Waals surface area (Å²) >= 11 is 0. The van der Waals surface area contributed by atoms with Crippen molar-refractivity contribution < 1.29 is 14.6 Å². The third kappa shape index (κ3) is 3.22. The molecular weight excluding hydrogens is 384 g/mol. The van der Waals surface area contributed by atoms with Gasteiger partial charge in [-0.15, -0.1) is 10.2 Å². The van der Waals surface area contributed by atoms with Crippen LogP contribution in [0.15, 0.2) is 60.9 Å². The lowest BCUT2D eigenvalue weighted by Gasteiger charge is -2.09. The molecule has 5 aromatic rings. The first-order chi connectivity index (χ1) is 14.7. The Hall–Kier alpha value is -4.27. The number of ether oxygens (including phenoxy) is 2. The van der Waals surface area contributed by atoms with E-state index in [2.05, 4.69) is 25.3 Å². The van der Waals surface area contributed by atoms with Gasteiger partial charge in [0.2, 0.25) is 0 Å². The summed E-state index contributed by atoms with van der Waals surface area (Å²) in [5.74, 6) is 2.41. The van der Waals surface area contributed by atoms with Crippen LogP contribution in [-0.2, 0) is 6.61 Å². The van der Waals surface area contributed by atoms with Crippen LogP contribution in [0.2, 0.25) is 0 Å². The first kappa shape index (κ1) is 17.8. The molecule has 1 N–H and O–H groups in total. The number of benzene rings is 2. The van der Waals surface area contributed by atoms with Gasteiger partial charge in [0.1, 0.15) is 29.5 Å². The molecule has 0 amide bonds. The van der Waals surface area contributed by atoms with Gasteiger partial charge < -0.3 is 14.6 Å². The second kappa shape index (κ2) is 7.28. The fourth-order valence-corrected chi connectivity index (χ4v) is 3.12. The van der Waals surface area contributed by atoms with Gasteiger partial charge in [-0.05, 0) is 30.3 Å². The summed E-state index contributed by atoms with van der Waals surface area (Å²) in [5, 5.41) is 23.3. The number of phenols is 1. The Morgan fingerprint density at radius 2 is 1.97 bits per heavy atom. The number of rotatable bonds is 5. The zero-order valence-electron chi connectivity index (χ0n) is 15.9. The fraction of sp³-hybridized carbons (Fsp3) is 0.0952. The van der Waals surface area contributed by atoms with Crippen LogP contribution in [0.3, 0.4) is 0 Å². The highest BCUT2D eigenvalue weighted by atomic mass is 16.5. The molecule has 0 saturated carbocycles. The number of methoxy groups -OCH3 is 1. The predicted molar refractivity (Wildman–Crippen MR) is 108 cm³/mol. The molecule has 0 saturated heterocycles. The molecule has 0 fully saturated rings. The number of hydrogen-bond acceptors (Lipinski definition) is 8. The molecule has 5 rings (SSSR count). The maximum atomic E-state index is 9.72. The van der Waals surface area contributed by atoms with E-state index in [0.717, 1.165) is 22.2 Å². The molecule has 0 spiro atoms. The van der Waals surface area contributed by atoms with Crippen molar-refractivity contribution in [2.75, 3.05) is 7.11 Å². The average Bonchev–Trinajstić information content (AvgIpc) is 3.19. The summed E-state index contributed by atoms with van der Waals surface area (Å²) in [7, 11) is 1.62. The Labute approximate surface area is 170 Å². The minimum Gasteiger partial charge on any atom is -0.508 e. The van der Waals surface area contributed by atoms with E-state index in [1.165, 1.54) is 4.52 Å². The predicted octanol–water partition coefficient (Wildman–Crippen LogP) is 3.03. The molecule has 0 aliphatic carbocycles. The van der Waals surface area contributed by atoms with Crippen molar-refractivity contribution in [3.05, 3.63) is 66.7 Å². The molecule has 2 aromatic carbocycles. The van der Waals surface area contributed by atoms with Crippen LogP contribution in [0.1, 0.15) is 5.82 Å². The number of nitrogens with zero attached hydrogens (tertiary/aromatic N) is 6. The van der Waals surface area contributed by atoms with Crippen LogP contribution in [0.4, 0.5) is 0 Å². The lowest BCUT2D eigenvalue weighted by Crippen LogP contribution is -2.06. The summed E-state index contributed by atoms with van der Waals surface area (Å²) in [6.45, 7) is 0.143. The highest BCUT2D eigenvalue weighted by molar-refractivity contribution is 5.85. The zero-order valence-corrected chi connectivity index (χ0v) is 15.9. The standard InChI is InChI=1S/C21H16N6O3/c1-29-15-5-6-16-17(10-15)22-8-7-19(16)30-12-20-24-25-21-23-11-18(26-27(20)21)13-3-2-4-14(28)9-13/h2-11,28H,12H2,1H3. The lowest BCUT2D eigenvalue weighted by molar-refractivity contribution is 0.296. The summed E-state index contributed by atoms with van der Waals surface area (Å²) < 4.78 is 12.8. The SMILES string of the molecule is COc1ccc2c(OCc3nnc4ncc(-c5cccc(O)c5)nn34)ccnc2c1. The number of pyridine rings is 1. The van der Waals surface area contributed by atoms with Gasteiger partial charge in [0.05, 0.1) is 18.8 Å². The minimum atomic E-state index is 0.143. The molecule has 0 atom stereocenters. The Morgan fingerprint density at radius 3 is 2.83 bits per heavy atom. The van der Waals surface area contributed by atoms with Crippen molar-refractivity contribution in [1.82, 2.24) is 29.8 Å². The quantitative estimate of drug-likeness (QED) is 0.480. The normalized spacial score (nSPS) is 11.1. The second-order valence-electron chi connectivity index (χ2n) is 6.50. The second-order valence-corrected chi connectivity index (χ2v) is 6.50. The van der Waals surface area contributed by atoms with E-state index in [1.54, 1.807) is 43.8 Å². The summed E-state index contributed by atoms with van der Waals surface area (Å²) in [4.78, 5) is 8.66. The molecule has 3 heterocycles. The van der Waals surface area contributed by atoms with Gasteiger partial charge in [-0.3, -0.25) is 4.98 Å². The molecule has 3 aromatic heterocycles. The largest absolute Gasteiger partial charge is 0.508 e. The first-order valence-electron chi connectivity index (χ1n) is 9.13. The van der Waals surface area contributed by atoms with Crippen LogP contribution in [0.25, 0.3) is 27.9 Å². The van der Waals surface area contributed by atoms with Gasteiger partial charge in [0, 0.05) is 23.2 Å². The fourth-order valence-electron chi connectivity index (χ4n) is 3.12. The van der Waals surface area contributed by atoms with E-state index in [0.29, 0.717) is 23.0 Å². The van der Waals surface area contributed by atoms with E-state index < -0.39 is 0 Å². The summed E-state index contributed by atoms with van der Waals surface area (Å²) in [5.41, 5.74) is 2.09. The number of fused-ring (bicyclic) bond motifs is 2. The molecular formula is C21H16N6O3. The third-order valence-electron chi connectivity index (χ3n) is 4.61. The Balaban J connectivity index is 1.46. The summed E-state index contributed by atoms with van der Waals surface area (Å²) in [6, 6.07) is 14.2. The van der Waals surface area contributed by atoms with Crippen molar-refractivity contribution in [2.24, 2.45) is 0 Å². The molecule has 30 heavy (non-hydrogen) atoms. The Bertz CT molecular complexity index is 1370. The topological polar surface area (TPSA) is 108 Å². The van der Waals surface area contributed by atoms with Gasteiger partial charge in [0.15, 0.2) is 5.82 Å². The van der Waals surface area contributed by atoms with Crippen molar-refractivity contribution in [3.63, 3.8) is 0 Å². The maximum Gasteiger partial charge on any atom is 0.272 e. The third-order valence-corrected chi connectivity index (χ3v) is 4.61. The first-order valence-corrected chi connectivity index (χ1v) is 9.13. The van der Waals surface area contributed by atoms with Crippen LogP contribution in [0, 0.1) is 0 Å². The van der Waals surface area contributed by atoms with Crippen LogP contribution >= 0.6 is 0 Å². The Morgan fingerprint density at radius 1 is 1.03 bits per heavy atom. The number of phenolic OH excluding ortho intramolecular Hbond substituents is 1. The van der Waals surface area contributed by atoms with E-state index >= 15 is 0 Å². The minimum absolute atomic E-state index is 0.143. The lowest BCUT2D eigenvalue weighted by atomic mass is 10.1. The molecule has 0 bridgehead atoms. The smallest absolute Gasteiger partial charge is 0.272 e. The van der Waals surface area contributed by atoms with E-state index in [1.807, 2.05) is 24.3 Å². The van der Waals surface area contributed by atoms with Crippen LogP contribution in [0.5, 0.6) is 17.2 Å². The van der Waals surface area contributed by atoms with Gasteiger partial charge in [-0.2, -0.15) is 9.61 Å². The van der Waals surface area contributed by atoms with Crippen molar-refractivity contribution in [1.29, 1.82) is 0 Å². The monoisotopic (exact) mass is 400 g/mol. The molecule has 0 unspecified atom stereocenters. The number of hydrogen-bond donors (Lipinski definition) is 1. The van der Waals surface area contributed by atoms with Crippen molar-refractivity contribution in [2.45, 2.75) is 6.61 Å². The van der Waals surface area contributed by atoms with Crippen LogP contribution in [-0.4, -0.2) is 42.0 Å². The highest BCUT2D eigenvalue weighted by Gasteiger charge is 2.12. The maximum absolute atomic E-state index is 9.72. The summed E-state index contributed by atoms with van der Waals surface area (Å²) in [6.07, 6.45) is 3.27. The molecule has 0 radical (unpaired) electrons.